The van der Waals surface area contributed by atoms with Crippen LogP contribution in [0.1, 0.15) is 24.0 Å². The standard InChI is InChI=1S/C22H30N2O3/c1-26-22-13-19(14-23-15-20(25)16-24-11-5-6-12-24)9-10-21(22)27-17-18-7-3-2-4-8-18/h2-4,7-10,13,20,23,25H,5-6,11-12,14-17H2,1H3. The number of benzene rings is 2. The van der Waals surface area contributed by atoms with E-state index in [4.69, 9.17) is 9.47 Å². The van der Waals surface area contributed by atoms with Crippen LogP contribution < -0.4 is 14.8 Å². The maximum absolute atomic E-state index is 10.2. The fraction of sp³-hybridized carbons (Fsp3) is 0.455. The van der Waals surface area contributed by atoms with E-state index >= 15 is 0 Å². The molecule has 1 saturated heterocycles. The highest BCUT2D eigenvalue weighted by molar-refractivity contribution is 5.43. The summed E-state index contributed by atoms with van der Waals surface area (Å²) >= 11 is 0. The summed E-state index contributed by atoms with van der Waals surface area (Å²) in [4.78, 5) is 2.33. The van der Waals surface area contributed by atoms with Gasteiger partial charge in [-0.15, -0.1) is 0 Å². The molecule has 1 aliphatic rings. The number of nitrogens with one attached hydrogen (secondary N) is 1. The molecule has 2 aromatic rings. The van der Waals surface area contributed by atoms with E-state index in [9.17, 15) is 5.11 Å². The summed E-state index contributed by atoms with van der Waals surface area (Å²) in [6.07, 6.45) is 2.16. The van der Waals surface area contributed by atoms with Crippen LogP contribution in [-0.4, -0.2) is 49.4 Å². The van der Waals surface area contributed by atoms with Crippen molar-refractivity contribution in [2.75, 3.05) is 33.3 Å². The summed E-state index contributed by atoms with van der Waals surface area (Å²) in [5.74, 6) is 1.46. The Morgan fingerprint density at radius 2 is 1.81 bits per heavy atom. The first-order valence-electron chi connectivity index (χ1n) is 9.69. The number of aliphatic hydroxyl groups excluding tert-OH is 1. The van der Waals surface area contributed by atoms with E-state index in [2.05, 4.69) is 10.2 Å². The number of aliphatic hydroxyl groups is 1. The van der Waals surface area contributed by atoms with Crippen molar-refractivity contribution in [1.82, 2.24) is 10.2 Å². The molecular formula is C22H30N2O3. The van der Waals surface area contributed by atoms with Gasteiger partial charge in [-0.25, -0.2) is 0 Å². The lowest BCUT2D eigenvalue weighted by atomic mass is 10.2. The summed E-state index contributed by atoms with van der Waals surface area (Å²) in [5, 5.41) is 13.5. The molecule has 0 bridgehead atoms. The fourth-order valence-electron chi connectivity index (χ4n) is 3.39. The zero-order valence-corrected chi connectivity index (χ0v) is 16.1. The third-order valence-corrected chi connectivity index (χ3v) is 4.84. The predicted octanol–water partition coefficient (Wildman–Crippen LogP) is 2.82. The van der Waals surface area contributed by atoms with E-state index in [-0.39, 0.29) is 6.10 Å². The number of nitrogens with zero attached hydrogens (tertiary/aromatic N) is 1. The monoisotopic (exact) mass is 370 g/mol. The van der Waals surface area contributed by atoms with Crippen LogP contribution in [-0.2, 0) is 13.2 Å². The molecule has 2 aromatic carbocycles. The van der Waals surface area contributed by atoms with Gasteiger partial charge in [-0.2, -0.15) is 0 Å². The second-order valence-electron chi connectivity index (χ2n) is 7.05. The molecule has 2 N–H and O–H groups in total. The van der Waals surface area contributed by atoms with Crippen molar-refractivity contribution < 1.29 is 14.6 Å². The van der Waals surface area contributed by atoms with Crippen molar-refractivity contribution in [3.8, 4) is 11.5 Å². The molecule has 146 valence electrons. The molecule has 27 heavy (non-hydrogen) atoms. The first kappa shape index (κ1) is 19.7. The number of β-amino-alcohol motifs (C(OH)–C–C–N with tert-alkyl or cyclic N) is 1. The molecule has 1 unspecified atom stereocenters. The minimum atomic E-state index is -0.335. The van der Waals surface area contributed by atoms with Gasteiger partial charge in [0.2, 0.25) is 0 Å². The Morgan fingerprint density at radius 1 is 1.04 bits per heavy atom. The Morgan fingerprint density at radius 3 is 2.56 bits per heavy atom. The molecule has 0 aliphatic carbocycles. The normalized spacial score (nSPS) is 15.6. The van der Waals surface area contributed by atoms with E-state index < -0.39 is 0 Å². The first-order chi connectivity index (χ1) is 13.2. The van der Waals surface area contributed by atoms with Gasteiger partial charge in [0.05, 0.1) is 13.2 Å². The van der Waals surface area contributed by atoms with E-state index in [1.165, 1.54) is 12.8 Å². The molecule has 3 rings (SSSR count). The number of methoxy groups -OCH3 is 1. The van der Waals surface area contributed by atoms with Gasteiger partial charge in [-0.05, 0) is 49.2 Å². The predicted molar refractivity (Wildman–Crippen MR) is 107 cm³/mol. The Labute approximate surface area is 161 Å². The molecule has 5 heteroatoms. The lowest BCUT2D eigenvalue weighted by Gasteiger charge is -2.19. The summed E-state index contributed by atoms with van der Waals surface area (Å²) in [7, 11) is 1.65. The van der Waals surface area contributed by atoms with Crippen molar-refractivity contribution in [2.24, 2.45) is 0 Å². The van der Waals surface area contributed by atoms with Gasteiger partial charge in [0.1, 0.15) is 6.61 Å². The summed E-state index contributed by atoms with van der Waals surface area (Å²) in [6.45, 7) is 4.76. The van der Waals surface area contributed by atoms with Gasteiger partial charge < -0.3 is 24.8 Å². The average Bonchev–Trinajstić information content (AvgIpc) is 3.20. The Balaban J connectivity index is 1.46. The first-order valence-corrected chi connectivity index (χ1v) is 9.69. The number of hydrogen-bond acceptors (Lipinski definition) is 5. The van der Waals surface area contributed by atoms with E-state index in [0.717, 1.165) is 42.3 Å². The molecule has 0 radical (unpaired) electrons. The second-order valence-corrected chi connectivity index (χ2v) is 7.05. The van der Waals surface area contributed by atoms with Crippen molar-refractivity contribution in [3.63, 3.8) is 0 Å². The van der Waals surface area contributed by atoms with Gasteiger partial charge in [-0.3, -0.25) is 0 Å². The van der Waals surface area contributed by atoms with Crippen LogP contribution in [0, 0.1) is 0 Å². The van der Waals surface area contributed by atoms with Gasteiger partial charge >= 0.3 is 0 Å². The molecule has 0 spiro atoms. The summed E-state index contributed by atoms with van der Waals surface area (Å²) < 4.78 is 11.4. The van der Waals surface area contributed by atoms with Gasteiger partial charge in [0.15, 0.2) is 11.5 Å². The molecule has 0 aromatic heterocycles. The Hall–Kier alpha value is -2.08. The van der Waals surface area contributed by atoms with Crippen LogP contribution in [0.5, 0.6) is 11.5 Å². The maximum atomic E-state index is 10.2. The quantitative estimate of drug-likeness (QED) is 0.674. The highest BCUT2D eigenvalue weighted by Crippen LogP contribution is 2.28. The minimum absolute atomic E-state index is 0.335. The zero-order valence-electron chi connectivity index (χ0n) is 16.1. The molecular weight excluding hydrogens is 340 g/mol. The SMILES string of the molecule is COc1cc(CNCC(O)CN2CCCC2)ccc1OCc1ccccc1. The zero-order chi connectivity index (χ0) is 18.9. The van der Waals surface area contributed by atoms with Crippen LogP contribution in [0.3, 0.4) is 0 Å². The number of hydrogen-bond donors (Lipinski definition) is 2. The van der Waals surface area contributed by atoms with Crippen molar-refractivity contribution in [3.05, 3.63) is 59.7 Å². The van der Waals surface area contributed by atoms with Crippen molar-refractivity contribution >= 4 is 0 Å². The van der Waals surface area contributed by atoms with E-state index in [1.807, 2.05) is 48.5 Å². The Bertz CT molecular complexity index is 687. The molecule has 5 nitrogen and oxygen atoms in total. The largest absolute Gasteiger partial charge is 0.493 e. The minimum Gasteiger partial charge on any atom is -0.493 e. The van der Waals surface area contributed by atoms with Crippen LogP contribution in [0.25, 0.3) is 0 Å². The molecule has 1 atom stereocenters. The summed E-state index contributed by atoms with van der Waals surface area (Å²) in [6, 6.07) is 16.0. The highest BCUT2D eigenvalue weighted by atomic mass is 16.5. The van der Waals surface area contributed by atoms with Crippen LogP contribution in [0.15, 0.2) is 48.5 Å². The van der Waals surface area contributed by atoms with Crippen LogP contribution >= 0.6 is 0 Å². The topological polar surface area (TPSA) is 54.0 Å². The number of likely N-dealkylation sites (tertiary alicyclic amines) is 1. The van der Waals surface area contributed by atoms with Gasteiger partial charge in [0.25, 0.3) is 0 Å². The van der Waals surface area contributed by atoms with Crippen LogP contribution in [0.2, 0.25) is 0 Å². The van der Waals surface area contributed by atoms with Gasteiger partial charge in [-0.1, -0.05) is 36.4 Å². The maximum Gasteiger partial charge on any atom is 0.161 e. The average molecular weight is 370 g/mol. The fourth-order valence-corrected chi connectivity index (χ4v) is 3.39. The molecule has 0 saturated carbocycles. The lowest BCUT2D eigenvalue weighted by molar-refractivity contribution is 0.123. The highest BCUT2D eigenvalue weighted by Gasteiger charge is 2.15. The third-order valence-electron chi connectivity index (χ3n) is 4.84. The van der Waals surface area contributed by atoms with Crippen molar-refractivity contribution in [2.45, 2.75) is 32.1 Å². The lowest BCUT2D eigenvalue weighted by Crippen LogP contribution is -2.36. The number of ether oxygens (including phenoxy) is 2. The Kier molecular flexibility index (Phi) is 7.51. The van der Waals surface area contributed by atoms with Gasteiger partial charge in [0, 0.05) is 19.6 Å². The second kappa shape index (κ2) is 10.3. The van der Waals surface area contributed by atoms with E-state index in [0.29, 0.717) is 19.7 Å². The third kappa shape index (κ3) is 6.24. The van der Waals surface area contributed by atoms with Crippen molar-refractivity contribution in [1.29, 1.82) is 0 Å². The smallest absolute Gasteiger partial charge is 0.161 e. The molecule has 1 heterocycles. The van der Waals surface area contributed by atoms with E-state index in [1.54, 1.807) is 7.11 Å². The molecule has 1 fully saturated rings. The molecule has 1 aliphatic heterocycles. The summed E-state index contributed by atoms with van der Waals surface area (Å²) in [5.41, 5.74) is 2.23. The van der Waals surface area contributed by atoms with Crippen LogP contribution in [0.4, 0.5) is 0 Å². The number of rotatable bonds is 10. The molecule has 0 amide bonds.